The van der Waals surface area contributed by atoms with Gasteiger partial charge in [0.1, 0.15) is 11.6 Å². The van der Waals surface area contributed by atoms with Crippen LogP contribution in [0.5, 0.6) is 5.75 Å². The van der Waals surface area contributed by atoms with Crippen molar-refractivity contribution in [1.29, 1.82) is 0 Å². The molecular formula is C20H17FN2O2S. The summed E-state index contributed by atoms with van der Waals surface area (Å²) in [6.45, 7) is 0. The number of aromatic nitrogens is 1. The lowest BCUT2D eigenvalue weighted by Crippen LogP contribution is -2.13. The molecule has 0 saturated carbocycles. The van der Waals surface area contributed by atoms with Crippen LogP contribution in [0.1, 0.15) is 15.9 Å². The molecule has 132 valence electrons. The van der Waals surface area contributed by atoms with Crippen molar-refractivity contribution in [3.63, 3.8) is 0 Å². The lowest BCUT2D eigenvalue weighted by Gasteiger charge is -2.08. The van der Waals surface area contributed by atoms with Crippen LogP contribution in [0.2, 0.25) is 0 Å². The van der Waals surface area contributed by atoms with Gasteiger partial charge in [0, 0.05) is 34.8 Å². The second-order valence-corrected chi connectivity index (χ2v) is 6.52. The van der Waals surface area contributed by atoms with Crippen LogP contribution in [0.4, 0.5) is 10.1 Å². The van der Waals surface area contributed by atoms with Crippen LogP contribution < -0.4 is 10.1 Å². The number of hydrogen-bond donors (Lipinski definition) is 1. The molecule has 1 heterocycles. The number of thioether (sulfide) groups is 1. The summed E-state index contributed by atoms with van der Waals surface area (Å²) in [5.74, 6) is 0.0665. The molecule has 3 aromatic rings. The van der Waals surface area contributed by atoms with Gasteiger partial charge in [0.15, 0.2) is 0 Å². The van der Waals surface area contributed by atoms with E-state index in [1.165, 1.54) is 19.2 Å². The zero-order valence-electron chi connectivity index (χ0n) is 14.1. The van der Waals surface area contributed by atoms with Crippen LogP contribution in [-0.4, -0.2) is 18.0 Å². The number of carbonyl (C=O) groups is 1. The van der Waals surface area contributed by atoms with Crippen molar-refractivity contribution >= 4 is 23.4 Å². The van der Waals surface area contributed by atoms with Gasteiger partial charge in [0.2, 0.25) is 0 Å². The highest BCUT2D eigenvalue weighted by molar-refractivity contribution is 7.98. The third kappa shape index (κ3) is 4.61. The van der Waals surface area contributed by atoms with E-state index in [4.69, 9.17) is 4.74 Å². The summed E-state index contributed by atoms with van der Waals surface area (Å²) in [4.78, 5) is 17.4. The van der Waals surface area contributed by atoms with Crippen LogP contribution in [0.3, 0.4) is 0 Å². The Kier molecular flexibility index (Phi) is 5.86. The SMILES string of the molecule is COc1ccc(C(=O)Nc2ccc(SCc3cccnc3)cc2)c(F)c1. The van der Waals surface area contributed by atoms with E-state index in [1.54, 1.807) is 36.2 Å². The fraction of sp³-hybridized carbons (Fsp3) is 0.100. The van der Waals surface area contributed by atoms with Gasteiger partial charge in [-0.25, -0.2) is 4.39 Å². The molecule has 0 aliphatic carbocycles. The van der Waals surface area contributed by atoms with E-state index in [9.17, 15) is 9.18 Å². The van der Waals surface area contributed by atoms with E-state index in [1.807, 2.05) is 30.5 Å². The Morgan fingerprint density at radius 1 is 1.19 bits per heavy atom. The van der Waals surface area contributed by atoms with E-state index in [0.29, 0.717) is 11.4 Å². The Bertz CT molecular complexity index is 886. The zero-order chi connectivity index (χ0) is 18.4. The molecule has 1 amide bonds. The molecule has 4 nitrogen and oxygen atoms in total. The van der Waals surface area contributed by atoms with E-state index in [2.05, 4.69) is 10.3 Å². The number of nitrogens with zero attached hydrogens (tertiary/aromatic N) is 1. The number of hydrogen-bond acceptors (Lipinski definition) is 4. The summed E-state index contributed by atoms with van der Waals surface area (Å²) >= 11 is 1.68. The van der Waals surface area contributed by atoms with Crippen molar-refractivity contribution < 1.29 is 13.9 Å². The number of nitrogens with one attached hydrogen (secondary N) is 1. The molecule has 0 saturated heterocycles. The van der Waals surface area contributed by atoms with Gasteiger partial charge in [-0.3, -0.25) is 9.78 Å². The molecule has 0 aliphatic heterocycles. The molecule has 3 rings (SSSR count). The lowest BCUT2D eigenvalue weighted by atomic mass is 10.2. The fourth-order valence-electron chi connectivity index (χ4n) is 2.29. The van der Waals surface area contributed by atoms with Crippen LogP contribution >= 0.6 is 11.8 Å². The normalized spacial score (nSPS) is 10.4. The van der Waals surface area contributed by atoms with Gasteiger partial charge in [-0.15, -0.1) is 11.8 Å². The summed E-state index contributed by atoms with van der Waals surface area (Å²) < 4.78 is 18.9. The third-order valence-electron chi connectivity index (χ3n) is 3.66. The molecule has 0 unspecified atom stereocenters. The molecule has 0 spiro atoms. The summed E-state index contributed by atoms with van der Waals surface area (Å²) in [5.41, 5.74) is 1.72. The molecule has 0 atom stereocenters. The monoisotopic (exact) mass is 368 g/mol. The first-order chi connectivity index (χ1) is 12.7. The number of ether oxygens (including phenoxy) is 1. The number of rotatable bonds is 6. The van der Waals surface area contributed by atoms with Gasteiger partial charge in [-0.05, 0) is 48.0 Å². The molecule has 1 aromatic heterocycles. The molecule has 0 bridgehead atoms. The molecule has 1 N–H and O–H groups in total. The second kappa shape index (κ2) is 8.49. The molecule has 6 heteroatoms. The van der Waals surface area contributed by atoms with Crippen molar-refractivity contribution in [2.75, 3.05) is 12.4 Å². The molecule has 0 radical (unpaired) electrons. The van der Waals surface area contributed by atoms with Crippen molar-refractivity contribution in [3.8, 4) is 5.75 Å². The minimum atomic E-state index is -0.620. The Balaban J connectivity index is 1.61. The average molecular weight is 368 g/mol. The van der Waals surface area contributed by atoms with E-state index >= 15 is 0 Å². The zero-order valence-corrected chi connectivity index (χ0v) is 14.9. The Morgan fingerprint density at radius 3 is 2.65 bits per heavy atom. The summed E-state index contributed by atoms with van der Waals surface area (Å²) in [5, 5.41) is 2.70. The number of benzene rings is 2. The largest absolute Gasteiger partial charge is 0.497 e. The first-order valence-electron chi connectivity index (χ1n) is 7.92. The van der Waals surface area contributed by atoms with Crippen LogP contribution in [0.15, 0.2) is 71.9 Å². The standard InChI is InChI=1S/C20H17FN2O2S/c1-25-16-6-9-18(19(21)11-16)20(24)23-15-4-7-17(8-5-15)26-13-14-3-2-10-22-12-14/h2-12H,13H2,1H3,(H,23,24). The Hall–Kier alpha value is -2.86. The molecule has 0 aliphatic rings. The van der Waals surface area contributed by atoms with Crippen molar-refractivity contribution in [2.45, 2.75) is 10.6 Å². The highest BCUT2D eigenvalue weighted by atomic mass is 32.2. The molecule has 26 heavy (non-hydrogen) atoms. The van der Waals surface area contributed by atoms with Crippen molar-refractivity contribution in [1.82, 2.24) is 4.98 Å². The van der Waals surface area contributed by atoms with Crippen LogP contribution in [-0.2, 0) is 5.75 Å². The first-order valence-corrected chi connectivity index (χ1v) is 8.91. The predicted molar refractivity (Wildman–Crippen MR) is 101 cm³/mol. The predicted octanol–water partition coefficient (Wildman–Crippen LogP) is 4.77. The minimum Gasteiger partial charge on any atom is -0.497 e. The number of halogens is 1. The minimum absolute atomic E-state index is 0.0270. The summed E-state index contributed by atoms with van der Waals surface area (Å²) in [7, 11) is 1.45. The molecule has 2 aromatic carbocycles. The fourth-order valence-corrected chi connectivity index (χ4v) is 3.12. The highest BCUT2D eigenvalue weighted by Crippen LogP contribution is 2.24. The number of methoxy groups -OCH3 is 1. The number of amides is 1. The maximum absolute atomic E-state index is 14.0. The van der Waals surface area contributed by atoms with Gasteiger partial charge in [0.05, 0.1) is 12.7 Å². The maximum atomic E-state index is 14.0. The third-order valence-corrected chi connectivity index (χ3v) is 4.74. The van der Waals surface area contributed by atoms with Crippen molar-refractivity contribution in [2.24, 2.45) is 0 Å². The summed E-state index contributed by atoms with van der Waals surface area (Å²) in [6, 6.07) is 15.5. The highest BCUT2D eigenvalue weighted by Gasteiger charge is 2.12. The van der Waals surface area contributed by atoms with E-state index in [-0.39, 0.29) is 5.56 Å². The number of pyridine rings is 1. The Labute approximate surface area is 155 Å². The van der Waals surface area contributed by atoms with Crippen molar-refractivity contribution in [3.05, 3.63) is 83.9 Å². The van der Waals surface area contributed by atoms with Gasteiger partial charge >= 0.3 is 0 Å². The topological polar surface area (TPSA) is 51.2 Å². The quantitative estimate of drug-likeness (QED) is 0.637. The number of anilines is 1. The van der Waals surface area contributed by atoms with Crippen LogP contribution in [0.25, 0.3) is 0 Å². The summed E-state index contributed by atoms with van der Waals surface area (Å²) in [6.07, 6.45) is 3.59. The molecule has 0 fully saturated rings. The number of carbonyl (C=O) groups excluding carboxylic acids is 1. The lowest BCUT2D eigenvalue weighted by molar-refractivity contribution is 0.102. The first kappa shape index (κ1) is 17.9. The average Bonchev–Trinajstić information content (AvgIpc) is 2.68. The smallest absolute Gasteiger partial charge is 0.258 e. The maximum Gasteiger partial charge on any atom is 0.258 e. The van der Waals surface area contributed by atoms with Gasteiger partial charge in [-0.1, -0.05) is 6.07 Å². The van der Waals surface area contributed by atoms with Gasteiger partial charge in [0.25, 0.3) is 5.91 Å². The molecular weight excluding hydrogens is 351 g/mol. The Morgan fingerprint density at radius 2 is 2.00 bits per heavy atom. The second-order valence-electron chi connectivity index (χ2n) is 5.47. The van der Waals surface area contributed by atoms with Crippen LogP contribution in [0, 0.1) is 5.82 Å². The van der Waals surface area contributed by atoms with E-state index < -0.39 is 11.7 Å². The van der Waals surface area contributed by atoms with Gasteiger partial charge in [-0.2, -0.15) is 0 Å². The van der Waals surface area contributed by atoms with E-state index in [0.717, 1.165) is 16.2 Å². The van der Waals surface area contributed by atoms with Gasteiger partial charge < -0.3 is 10.1 Å².